The number of thiocarbonyl (C=S) groups is 1. The number of benzene rings is 2. The number of carbonyl (C=O) groups is 1. The van der Waals surface area contributed by atoms with E-state index in [2.05, 4.69) is 15.6 Å². The van der Waals surface area contributed by atoms with E-state index in [9.17, 15) is 4.79 Å². The lowest BCUT2D eigenvalue weighted by atomic mass is 10.0. The zero-order valence-electron chi connectivity index (χ0n) is 19.3. The van der Waals surface area contributed by atoms with Crippen molar-refractivity contribution in [2.24, 2.45) is 0 Å². The van der Waals surface area contributed by atoms with Crippen molar-refractivity contribution in [1.29, 1.82) is 0 Å². The van der Waals surface area contributed by atoms with Crippen molar-refractivity contribution in [3.05, 3.63) is 108 Å². The summed E-state index contributed by atoms with van der Waals surface area (Å²) in [4.78, 5) is 19.3. The van der Waals surface area contributed by atoms with Gasteiger partial charge >= 0.3 is 0 Å². The number of carbonyl (C=O) groups excluding carboxylic acids is 1. The maximum atomic E-state index is 12.7. The van der Waals surface area contributed by atoms with Crippen LogP contribution in [0.2, 0.25) is 0 Å². The fourth-order valence-electron chi connectivity index (χ4n) is 4.31. The van der Waals surface area contributed by atoms with Crippen LogP contribution in [0.25, 0.3) is 11.3 Å². The van der Waals surface area contributed by atoms with Crippen LogP contribution in [-0.4, -0.2) is 27.4 Å². The summed E-state index contributed by atoms with van der Waals surface area (Å²) in [5.41, 5.74) is 3.80. The quantitative estimate of drug-likeness (QED) is 0.332. The van der Waals surface area contributed by atoms with Crippen molar-refractivity contribution < 1.29 is 9.21 Å². The van der Waals surface area contributed by atoms with Crippen LogP contribution in [0.5, 0.6) is 0 Å². The van der Waals surface area contributed by atoms with Gasteiger partial charge < -0.3 is 20.0 Å². The summed E-state index contributed by atoms with van der Waals surface area (Å²) in [5, 5.41) is 6.94. The zero-order valence-corrected chi connectivity index (χ0v) is 20.2. The number of hydrogen-bond donors (Lipinski definition) is 2. The number of furan rings is 1. The fraction of sp³-hybridized carbons (Fsp3) is 0.179. The Morgan fingerprint density at radius 1 is 1.03 bits per heavy atom. The number of aryl methyl sites for hydroxylation is 1. The third-order valence-electron chi connectivity index (χ3n) is 6.09. The van der Waals surface area contributed by atoms with E-state index in [-0.39, 0.29) is 24.4 Å². The van der Waals surface area contributed by atoms with Crippen molar-refractivity contribution in [2.75, 3.05) is 11.9 Å². The molecule has 176 valence electrons. The smallest absolute Gasteiger partial charge is 0.226 e. The van der Waals surface area contributed by atoms with Gasteiger partial charge in [-0.05, 0) is 55.5 Å². The molecule has 0 aliphatic carbocycles. The lowest BCUT2D eigenvalue weighted by Crippen LogP contribution is -2.32. The first-order chi connectivity index (χ1) is 17.1. The highest BCUT2D eigenvalue weighted by Gasteiger charge is 2.41. The van der Waals surface area contributed by atoms with Gasteiger partial charge in [-0.25, -0.2) is 0 Å². The van der Waals surface area contributed by atoms with Gasteiger partial charge in [-0.3, -0.25) is 9.78 Å². The number of rotatable bonds is 7. The Labute approximate surface area is 210 Å². The molecule has 0 spiro atoms. The summed E-state index contributed by atoms with van der Waals surface area (Å²) in [5.74, 6) is 1.49. The summed E-state index contributed by atoms with van der Waals surface area (Å²) < 4.78 is 6.33. The Kier molecular flexibility index (Phi) is 6.59. The molecule has 0 radical (unpaired) electrons. The summed E-state index contributed by atoms with van der Waals surface area (Å²) in [6.45, 7) is 2.46. The van der Waals surface area contributed by atoms with Gasteiger partial charge in [-0.1, -0.05) is 54.1 Å². The van der Waals surface area contributed by atoms with Crippen LogP contribution in [0.1, 0.15) is 35.5 Å². The molecule has 0 bridgehead atoms. The molecular formula is C28H26N4O2S. The molecule has 1 amide bonds. The van der Waals surface area contributed by atoms with Crippen LogP contribution >= 0.6 is 12.2 Å². The molecule has 7 heteroatoms. The molecule has 1 aliphatic rings. The van der Waals surface area contributed by atoms with E-state index in [0.717, 1.165) is 34.0 Å². The van der Waals surface area contributed by atoms with Crippen LogP contribution in [0, 0.1) is 6.92 Å². The van der Waals surface area contributed by atoms with Crippen molar-refractivity contribution in [3.63, 3.8) is 0 Å². The average Bonchev–Trinajstić information content (AvgIpc) is 3.50. The molecular weight excluding hydrogens is 456 g/mol. The maximum absolute atomic E-state index is 12.7. The number of aromatic nitrogens is 1. The van der Waals surface area contributed by atoms with Gasteiger partial charge in [-0.15, -0.1) is 0 Å². The predicted octanol–water partition coefficient (Wildman–Crippen LogP) is 5.65. The second-order valence-electron chi connectivity index (χ2n) is 8.55. The first-order valence-electron chi connectivity index (χ1n) is 11.6. The lowest BCUT2D eigenvalue weighted by molar-refractivity contribution is -0.116. The summed E-state index contributed by atoms with van der Waals surface area (Å²) >= 11 is 5.70. The second-order valence-corrected chi connectivity index (χ2v) is 8.94. The molecule has 1 fully saturated rings. The average molecular weight is 483 g/mol. The molecule has 0 saturated carbocycles. The molecule has 2 atom stereocenters. The van der Waals surface area contributed by atoms with E-state index in [1.54, 1.807) is 6.20 Å². The molecule has 2 unspecified atom stereocenters. The van der Waals surface area contributed by atoms with Crippen LogP contribution in [-0.2, 0) is 4.79 Å². The Hall–Kier alpha value is -3.97. The van der Waals surface area contributed by atoms with E-state index in [1.165, 1.54) is 0 Å². The molecule has 2 aromatic heterocycles. The summed E-state index contributed by atoms with van der Waals surface area (Å²) in [7, 11) is 0. The third-order valence-corrected chi connectivity index (χ3v) is 6.44. The van der Waals surface area contributed by atoms with Gasteiger partial charge in [0.2, 0.25) is 5.91 Å². The summed E-state index contributed by atoms with van der Waals surface area (Å²) in [6.07, 6.45) is 2.06. The normalized spacial score (nSPS) is 17.3. The second kappa shape index (κ2) is 10.1. The number of pyridine rings is 1. The van der Waals surface area contributed by atoms with Gasteiger partial charge in [0.05, 0.1) is 11.7 Å². The minimum absolute atomic E-state index is 0.0684. The highest BCUT2D eigenvalue weighted by molar-refractivity contribution is 7.80. The van der Waals surface area contributed by atoms with Crippen LogP contribution < -0.4 is 10.6 Å². The molecule has 3 heterocycles. The minimum Gasteiger partial charge on any atom is -0.459 e. The number of hydrogen-bond acceptors (Lipinski definition) is 4. The molecule has 2 N–H and O–H groups in total. The zero-order chi connectivity index (χ0) is 24.2. The number of nitrogens with one attached hydrogen (secondary N) is 2. The molecule has 2 aromatic carbocycles. The van der Waals surface area contributed by atoms with E-state index < -0.39 is 0 Å². The van der Waals surface area contributed by atoms with Crippen molar-refractivity contribution in [1.82, 2.24) is 15.2 Å². The number of amides is 1. The van der Waals surface area contributed by atoms with E-state index in [4.69, 9.17) is 16.6 Å². The Morgan fingerprint density at radius 2 is 1.80 bits per heavy atom. The third kappa shape index (κ3) is 5.10. The first kappa shape index (κ1) is 22.8. The van der Waals surface area contributed by atoms with Gasteiger partial charge in [0, 0.05) is 30.4 Å². The molecule has 6 nitrogen and oxygen atoms in total. The topological polar surface area (TPSA) is 70.4 Å². The number of nitrogens with zero attached hydrogens (tertiary/aromatic N) is 2. The highest BCUT2D eigenvalue weighted by Crippen LogP contribution is 2.40. The van der Waals surface area contributed by atoms with Gasteiger partial charge in [-0.2, -0.15) is 0 Å². The maximum Gasteiger partial charge on any atom is 0.226 e. The summed E-state index contributed by atoms with van der Waals surface area (Å²) in [6, 6.07) is 27.1. The van der Waals surface area contributed by atoms with Crippen LogP contribution in [0.3, 0.4) is 0 Å². The van der Waals surface area contributed by atoms with Crippen molar-refractivity contribution in [3.8, 4) is 11.3 Å². The number of anilines is 1. The fourth-order valence-corrected chi connectivity index (χ4v) is 4.64. The minimum atomic E-state index is -0.234. The molecule has 35 heavy (non-hydrogen) atoms. The Bertz CT molecular complexity index is 1310. The molecule has 1 aliphatic heterocycles. The monoisotopic (exact) mass is 482 g/mol. The molecule has 5 rings (SSSR count). The molecule has 4 aromatic rings. The van der Waals surface area contributed by atoms with Gasteiger partial charge in [0.1, 0.15) is 17.6 Å². The van der Waals surface area contributed by atoms with Crippen LogP contribution in [0.4, 0.5) is 5.69 Å². The van der Waals surface area contributed by atoms with Gasteiger partial charge in [0.25, 0.3) is 0 Å². The highest BCUT2D eigenvalue weighted by atomic mass is 32.1. The Morgan fingerprint density at radius 3 is 2.54 bits per heavy atom. The van der Waals surface area contributed by atoms with Gasteiger partial charge in [0.15, 0.2) is 5.11 Å². The standard InChI is InChI=1S/C28H26N4O2S/c1-19-10-12-21(13-11-19)30-25(33)16-18-32-27(26(31-28(32)35)22-9-5-6-17-29-22)24-15-14-23(34-24)20-7-3-2-4-8-20/h2-15,17,26-27H,16,18H2,1H3,(H,30,33)(H,31,35). The van der Waals surface area contributed by atoms with E-state index in [0.29, 0.717) is 11.7 Å². The SMILES string of the molecule is Cc1ccc(NC(=O)CCN2C(=S)NC(c3ccccn3)C2c2ccc(-c3ccccc3)o2)cc1. The van der Waals surface area contributed by atoms with Crippen molar-refractivity contribution >= 4 is 28.9 Å². The van der Waals surface area contributed by atoms with E-state index in [1.807, 2.05) is 96.8 Å². The van der Waals surface area contributed by atoms with Crippen LogP contribution in [0.15, 0.2) is 95.5 Å². The lowest BCUT2D eigenvalue weighted by Gasteiger charge is -2.25. The largest absolute Gasteiger partial charge is 0.459 e. The van der Waals surface area contributed by atoms with Crippen molar-refractivity contribution in [2.45, 2.75) is 25.4 Å². The Balaban J connectivity index is 1.38. The molecule has 1 saturated heterocycles. The van der Waals surface area contributed by atoms with E-state index >= 15 is 0 Å². The first-order valence-corrected chi connectivity index (χ1v) is 12.0. The predicted molar refractivity (Wildman–Crippen MR) is 141 cm³/mol.